The molecule has 10 rings (SSSR count). The Hall–Kier alpha value is -4.88. The van der Waals surface area contributed by atoms with E-state index in [2.05, 4.69) is 158 Å². The Bertz CT molecular complexity index is 2240. The highest BCUT2D eigenvalue weighted by Gasteiger charge is 2.45. The molecule has 1 heteroatoms. The van der Waals surface area contributed by atoms with Crippen LogP contribution in [-0.2, 0) is 10.8 Å². The van der Waals surface area contributed by atoms with Crippen molar-refractivity contribution < 1.29 is 0 Å². The maximum atomic E-state index is 2.51. The van der Waals surface area contributed by atoms with Crippen molar-refractivity contribution in [2.45, 2.75) is 94.8 Å². The monoisotopic (exact) mass is 689 g/mol. The van der Waals surface area contributed by atoms with E-state index in [0.29, 0.717) is 11.3 Å². The number of hydrogen-bond acceptors (Lipinski definition) is 1. The molecule has 1 nitrogen and oxygen atoms in total. The number of benzene rings is 6. The topological polar surface area (TPSA) is 3.24 Å². The standard InChI is InChI=1S/C52H51N/c1-51(2)49-33-42(41-15-13-39(14-16-41)37-9-5-3-6-10-37)19-27-47(49)48-28-26-46(34-50(48)51)53(44-22-17-40(18-23-44)38-11-7-4-8-12-38)45-24-20-43(21-25-45)52-31-29-36(35-52)30-32-52/h3,5-6,9-10,13-28,33-34,36,38H,4,7-8,11-12,29-32,35H2,1-2H3. The quantitative estimate of drug-likeness (QED) is 0.161. The second-order valence-corrected chi connectivity index (χ2v) is 17.3. The fraction of sp³-hybridized carbons (Fsp3) is 0.308. The molecular formula is C52H51N. The van der Waals surface area contributed by atoms with Gasteiger partial charge >= 0.3 is 0 Å². The summed E-state index contributed by atoms with van der Waals surface area (Å²) < 4.78 is 0. The van der Waals surface area contributed by atoms with Gasteiger partial charge in [0.15, 0.2) is 0 Å². The van der Waals surface area contributed by atoms with E-state index in [-0.39, 0.29) is 5.41 Å². The Labute approximate surface area is 316 Å². The molecular weight excluding hydrogens is 639 g/mol. The van der Waals surface area contributed by atoms with Crippen LogP contribution in [0.5, 0.6) is 0 Å². The molecule has 3 saturated carbocycles. The lowest BCUT2D eigenvalue weighted by atomic mass is 9.78. The first-order valence-electron chi connectivity index (χ1n) is 20.4. The summed E-state index contributed by atoms with van der Waals surface area (Å²) in [5.41, 5.74) is 17.7. The summed E-state index contributed by atoms with van der Waals surface area (Å²) in [6.07, 6.45) is 13.7. The van der Waals surface area contributed by atoms with Gasteiger partial charge in [-0.3, -0.25) is 0 Å². The molecule has 4 aliphatic carbocycles. The smallest absolute Gasteiger partial charge is 0.0465 e. The highest BCUT2D eigenvalue weighted by atomic mass is 15.1. The Morgan fingerprint density at radius 1 is 0.491 bits per heavy atom. The Morgan fingerprint density at radius 2 is 1.04 bits per heavy atom. The molecule has 3 fully saturated rings. The number of fused-ring (bicyclic) bond motifs is 5. The second-order valence-electron chi connectivity index (χ2n) is 17.3. The first kappa shape index (κ1) is 32.7. The van der Waals surface area contributed by atoms with E-state index < -0.39 is 0 Å². The summed E-state index contributed by atoms with van der Waals surface area (Å²) in [5, 5.41) is 0. The number of hydrogen-bond donors (Lipinski definition) is 0. The predicted molar refractivity (Wildman–Crippen MR) is 224 cm³/mol. The van der Waals surface area contributed by atoms with E-state index in [1.165, 1.54) is 131 Å². The van der Waals surface area contributed by atoms with Gasteiger partial charge in [-0.1, -0.05) is 130 Å². The van der Waals surface area contributed by atoms with E-state index in [1.54, 1.807) is 5.56 Å². The Morgan fingerprint density at radius 3 is 1.68 bits per heavy atom. The zero-order valence-corrected chi connectivity index (χ0v) is 31.5. The minimum Gasteiger partial charge on any atom is -0.310 e. The molecule has 0 unspecified atom stereocenters. The third-order valence-corrected chi connectivity index (χ3v) is 14.0. The first-order chi connectivity index (χ1) is 25.9. The van der Waals surface area contributed by atoms with Crippen molar-refractivity contribution in [1.82, 2.24) is 0 Å². The van der Waals surface area contributed by atoms with Gasteiger partial charge in [0.05, 0.1) is 0 Å². The van der Waals surface area contributed by atoms with Gasteiger partial charge in [-0.05, 0) is 160 Å². The third-order valence-electron chi connectivity index (χ3n) is 14.0. The maximum Gasteiger partial charge on any atom is 0.0465 e. The van der Waals surface area contributed by atoms with E-state index >= 15 is 0 Å². The van der Waals surface area contributed by atoms with Crippen molar-refractivity contribution in [3.8, 4) is 33.4 Å². The number of anilines is 3. The molecule has 0 heterocycles. The van der Waals surface area contributed by atoms with Crippen molar-refractivity contribution >= 4 is 17.1 Å². The predicted octanol–water partition coefficient (Wildman–Crippen LogP) is 14.7. The second kappa shape index (κ2) is 12.9. The van der Waals surface area contributed by atoms with Crippen LogP contribution in [0.4, 0.5) is 17.1 Å². The lowest BCUT2D eigenvalue weighted by molar-refractivity contribution is 0.419. The normalized spacial score (nSPS) is 21.4. The van der Waals surface area contributed by atoms with Gasteiger partial charge in [0.2, 0.25) is 0 Å². The van der Waals surface area contributed by atoms with Crippen LogP contribution in [0.2, 0.25) is 0 Å². The summed E-state index contributed by atoms with van der Waals surface area (Å²) in [7, 11) is 0. The molecule has 0 spiro atoms. The van der Waals surface area contributed by atoms with Gasteiger partial charge in [0, 0.05) is 22.5 Å². The van der Waals surface area contributed by atoms with Gasteiger partial charge in [0.1, 0.15) is 0 Å². The number of nitrogens with zero attached hydrogens (tertiary/aromatic N) is 1. The highest BCUT2D eigenvalue weighted by molar-refractivity contribution is 5.87. The average molecular weight is 690 g/mol. The van der Waals surface area contributed by atoms with E-state index in [9.17, 15) is 0 Å². The zero-order valence-electron chi connectivity index (χ0n) is 31.5. The summed E-state index contributed by atoms with van der Waals surface area (Å²) in [6, 6.07) is 53.4. The van der Waals surface area contributed by atoms with Crippen molar-refractivity contribution in [1.29, 1.82) is 0 Å². The molecule has 0 aliphatic heterocycles. The lowest BCUT2D eigenvalue weighted by Crippen LogP contribution is -2.20. The first-order valence-corrected chi connectivity index (χ1v) is 20.4. The molecule has 2 bridgehead atoms. The molecule has 6 aromatic rings. The average Bonchev–Trinajstić information content (AvgIpc) is 3.91. The highest BCUT2D eigenvalue weighted by Crippen LogP contribution is 2.56. The van der Waals surface area contributed by atoms with Crippen LogP contribution in [0, 0.1) is 5.92 Å². The maximum absolute atomic E-state index is 2.51. The van der Waals surface area contributed by atoms with Crippen LogP contribution in [0.1, 0.15) is 106 Å². The van der Waals surface area contributed by atoms with Crippen LogP contribution >= 0.6 is 0 Å². The van der Waals surface area contributed by atoms with E-state index in [1.807, 2.05) is 0 Å². The third kappa shape index (κ3) is 5.67. The zero-order chi connectivity index (χ0) is 35.6. The van der Waals surface area contributed by atoms with Gasteiger partial charge in [-0.25, -0.2) is 0 Å². The van der Waals surface area contributed by atoms with Crippen molar-refractivity contribution in [2.24, 2.45) is 5.92 Å². The molecule has 0 atom stereocenters. The molecule has 0 radical (unpaired) electrons. The molecule has 0 N–H and O–H groups in total. The fourth-order valence-corrected chi connectivity index (χ4v) is 10.9. The van der Waals surface area contributed by atoms with Gasteiger partial charge in [-0.2, -0.15) is 0 Å². The summed E-state index contributed by atoms with van der Waals surface area (Å²) in [6.45, 7) is 4.83. The summed E-state index contributed by atoms with van der Waals surface area (Å²) >= 11 is 0. The Kier molecular flexibility index (Phi) is 7.97. The van der Waals surface area contributed by atoms with E-state index in [4.69, 9.17) is 0 Å². The molecule has 4 aliphatic rings. The molecule has 53 heavy (non-hydrogen) atoms. The fourth-order valence-electron chi connectivity index (χ4n) is 10.9. The Balaban J connectivity index is 1.00. The minimum absolute atomic E-state index is 0.123. The SMILES string of the molecule is CC1(C)c2cc(-c3ccc(-c4ccccc4)cc3)ccc2-c2ccc(N(c3ccc(C4CCCCC4)cc3)c3ccc(C45CCC(CC4)C5)cc3)cc21. The van der Waals surface area contributed by atoms with Crippen LogP contribution in [0.3, 0.4) is 0 Å². The van der Waals surface area contributed by atoms with Gasteiger partial charge < -0.3 is 4.90 Å². The van der Waals surface area contributed by atoms with E-state index in [0.717, 1.165) is 5.92 Å². The molecule has 0 aromatic heterocycles. The van der Waals surface area contributed by atoms with Gasteiger partial charge in [-0.15, -0.1) is 0 Å². The lowest BCUT2D eigenvalue weighted by Gasteiger charge is -2.30. The molecule has 264 valence electrons. The van der Waals surface area contributed by atoms with Crippen LogP contribution in [-0.4, -0.2) is 0 Å². The van der Waals surface area contributed by atoms with Crippen LogP contribution in [0.25, 0.3) is 33.4 Å². The number of rotatable bonds is 7. The van der Waals surface area contributed by atoms with Crippen molar-refractivity contribution in [3.63, 3.8) is 0 Å². The minimum atomic E-state index is -0.123. The summed E-state index contributed by atoms with van der Waals surface area (Å²) in [4.78, 5) is 2.51. The largest absolute Gasteiger partial charge is 0.310 e. The summed E-state index contributed by atoms with van der Waals surface area (Å²) in [5.74, 6) is 1.65. The van der Waals surface area contributed by atoms with Crippen LogP contribution < -0.4 is 4.90 Å². The molecule has 0 saturated heterocycles. The molecule has 6 aromatic carbocycles. The van der Waals surface area contributed by atoms with Gasteiger partial charge in [0.25, 0.3) is 0 Å². The molecule has 0 amide bonds. The van der Waals surface area contributed by atoms with Crippen LogP contribution in [0.15, 0.2) is 140 Å². The van der Waals surface area contributed by atoms with Crippen molar-refractivity contribution in [3.05, 3.63) is 162 Å². The van der Waals surface area contributed by atoms with Crippen molar-refractivity contribution in [2.75, 3.05) is 4.90 Å².